The van der Waals surface area contributed by atoms with Gasteiger partial charge in [-0.05, 0) is 43.5 Å². The molecule has 2 rings (SSSR count). The number of halogens is 1. The minimum Gasteiger partial charge on any atom is -0.351 e. The SMILES string of the molecule is Cc1cc(NC(=O)Cc2nc(C)c(C(=O)NCC(C)C)s2)ccc1F. The van der Waals surface area contributed by atoms with E-state index in [1.54, 1.807) is 19.9 Å². The summed E-state index contributed by atoms with van der Waals surface area (Å²) in [5.74, 6) is -0.370. The molecule has 0 fully saturated rings. The lowest BCUT2D eigenvalue weighted by Crippen LogP contribution is -2.27. The van der Waals surface area contributed by atoms with Crippen LogP contribution in [-0.2, 0) is 11.2 Å². The van der Waals surface area contributed by atoms with Gasteiger partial charge in [-0.2, -0.15) is 0 Å². The molecule has 0 aliphatic rings. The molecule has 2 amide bonds. The predicted molar refractivity (Wildman–Crippen MR) is 97.5 cm³/mol. The van der Waals surface area contributed by atoms with E-state index in [-0.39, 0.29) is 24.1 Å². The predicted octanol–water partition coefficient (Wildman–Crippen LogP) is 3.47. The molecule has 2 aromatic rings. The summed E-state index contributed by atoms with van der Waals surface area (Å²) in [6, 6.07) is 4.40. The highest BCUT2D eigenvalue weighted by molar-refractivity contribution is 7.13. The number of carbonyl (C=O) groups excluding carboxylic acids is 2. The second-order valence-electron chi connectivity index (χ2n) is 6.31. The smallest absolute Gasteiger partial charge is 0.263 e. The first-order valence-electron chi connectivity index (χ1n) is 8.06. The molecule has 1 heterocycles. The van der Waals surface area contributed by atoms with Crippen molar-refractivity contribution in [3.63, 3.8) is 0 Å². The quantitative estimate of drug-likeness (QED) is 0.826. The van der Waals surface area contributed by atoms with Crippen LogP contribution >= 0.6 is 11.3 Å². The van der Waals surface area contributed by atoms with E-state index in [0.717, 1.165) is 0 Å². The largest absolute Gasteiger partial charge is 0.351 e. The van der Waals surface area contributed by atoms with E-state index in [2.05, 4.69) is 15.6 Å². The molecule has 0 aliphatic heterocycles. The standard InChI is InChI=1S/C18H22FN3O2S/c1-10(2)9-20-18(24)17-12(4)21-16(25-17)8-15(23)22-13-5-6-14(19)11(3)7-13/h5-7,10H,8-9H2,1-4H3,(H,20,24)(H,22,23). The highest BCUT2D eigenvalue weighted by Crippen LogP contribution is 2.20. The molecule has 5 nitrogen and oxygen atoms in total. The van der Waals surface area contributed by atoms with Gasteiger partial charge in [-0.3, -0.25) is 9.59 Å². The molecule has 0 atom stereocenters. The molecular formula is C18H22FN3O2S. The van der Waals surface area contributed by atoms with Crippen molar-refractivity contribution >= 4 is 28.8 Å². The van der Waals surface area contributed by atoms with Crippen molar-refractivity contribution < 1.29 is 14.0 Å². The molecule has 1 aromatic heterocycles. The van der Waals surface area contributed by atoms with Crippen LogP contribution in [0, 0.1) is 25.6 Å². The van der Waals surface area contributed by atoms with Gasteiger partial charge < -0.3 is 10.6 Å². The van der Waals surface area contributed by atoms with Gasteiger partial charge in [0.25, 0.3) is 5.91 Å². The third-order valence-corrected chi connectivity index (χ3v) is 4.63. The zero-order valence-corrected chi connectivity index (χ0v) is 15.6. The van der Waals surface area contributed by atoms with Crippen LogP contribution in [0.5, 0.6) is 0 Å². The first kappa shape index (κ1) is 19.1. The van der Waals surface area contributed by atoms with E-state index in [1.807, 2.05) is 13.8 Å². The highest BCUT2D eigenvalue weighted by Gasteiger charge is 2.17. The van der Waals surface area contributed by atoms with Crippen molar-refractivity contribution in [3.05, 3.63) is 45.2 Å². The number of thiazole rings is 1. The molecule has 0 saturated heterocycles. The summed E-state index contributed by atoms with van der Waals surface area (Å²) in [6.07, 6.45) is 0.0688. The average molecular weight is 363 g/mol. The molecule has 0 aliphatic carbocycles. The van der Waals surface area contributed by atoms with Crippen LogP contribution in [0.3, 0.4) is 0 Å². The number of benzene rings is 1. The number of anilines is 1. The first-order valence-corrected chi connectivity index (χ1v) is 8.88. The van der Waals surface area contributed by atoms with Crippen molar-refractivity contribution in [2.75, 3.05) is 11.9 Å². The van der Waals surface area contributed by atoms with E-state index in [0.29, 0.717) is 39.3 Å². The molecule has 1 aromatic carbocycles. The summed E-state index contributed by atoms with van der Waals surface area (Å²) in [6.45, 7) is 8.03. The van der Waals surface area contributed by atoms with Gasteiger partial charge >= 0.3 is 0 Å². The van der Waals surface area contributed by atoms with Crippen LogP contribution in [-0.4, -0.2) is 23.3 Å². The third kappa shape index (κ3) is 5.35. The van der Waals surface area contributed by atoms with Crippen LogP contribution < -0.4 is 10.6 Å². The number of aromatic nitrogens is 1. The number of hydrogen-bond acceptors (Lipinski definition) is 4. The molecule has 0 unspecified atom stereocenters. The second kappa shape index (κ2) is 8.20. The lowest BCUT2D eigenvalue weighted by molar-refractivity contribution is -0.115. The van der Waals surface area contributed by atoms with Gasteiger partial charge in [-0.25, -0.2) is 9.37 Å². The summed E-state index contributed by atoms with van der Waals surface area (Å²) in [5, 5.41) is 6.14. The Labute approximate surface area is 150 Å². The van der Waals surface area contributed by atoms with Crippen molar-refractivity contribution in [2.24, 2.45) is 5.92 Å². The number of nitrogens with zero attached hydrogens (tertiary/aromatic N) is 1. The van der Waals surface area contributed by atoms with Gasteiger partial charge in [0.2, 0.25) is 5.91 Å². The molecule has 134 valence electrons. The van der Waals surface area contributed by atoms with E-state index in [9.17, 15) is 14.0 Å². The Morgan fingerprint density at radius 3 is 2.64 bits per heavy atom. The summed E-state index contributed by atoms with van der Waals surface area (Å²) in [4.78, 5) is 29.1. The minimum absolute atomic E-state index is 0.0688. The Balaban J connectivity index is 2.00. The van der Waals surface area contributed by atoms with Crippen molar-refractivity contribution in [2.45, 2.75) is 34.1 Å². The van der Waals surface area contributed by atoms with Crippen LogP contribution in [0.25, 0.3) is 0 Å². The van der Waals surface area contributed by atoms with Gasteiger partial charge in [0.1, 0.15) is 15.7 Å². The Bertz CT molecular complexity index is 787. The minimum atomic E-state index is -0.314. The maximum atomic E-state index is 13.3. The molecule has 0 saturated carbocycles. The Kier molecular flexibility index (Phi) is 6.25. The number of aryl methyl sites for hydroxylation is 2. The Morgan fingerprint density at radius 1 is 1.28 bits per heavy atom. The van der Waals surface area contributed by atoms with Gasteiger partial charge in [0.05, 0.1) is 12.1 Å². The fourth-order valence-corrected chi connectivity index (χ4v) is 3.16. The molecule has 2 N–H and O–H groups in total. The maximum Gasteiger partial charge on any atom is 0.263 e. The average Bonchev–Trinajstić information content (AvgIpc) is 2.89. The summed E-state index contributed by atoms with van der Waals surface area (Å²) < 4.78 is 13.3. The fraction of sp³-hybridized carbons (Fsp3) is 0.389. The summed E-state index contributed by atoms with van der Waals surface area (Å²) in [7, 11) is 0. The molecule has 25 heavy (non-hydrogen) atoms. The lowest BCUT2D eigenvalue weighted by atomic mass is 10.2. The van der Waals surface area contributed by atoms with E-state index in [1.165, 1.54) is 23.5 Å². The van der Waals surface area contributed by atoms with Crippen LogP contribution in [0.1, 0.15) is 39.8 Å². The molecule has 0 bridgehead atoms. The lowest BCUT2D eigenvalue weighted by Gasteiger charge is -2.06. The fourth-order valence-electron chi connectivity index (χ4n) is 2.18. The number of nitrogens with one attached hydrogen (secondary N) is 2. The zero-order valence-electron chi connectivity index (χ0n) is 14.8. The number of amides is 2. The topological polar surface area (TPSA) is 71.1 Å². The second-order valence-corrected chi connectivity index (χ2v) is 7.40. The third-order valence-electron chi connectivity index (χ3n) is 3.47. The molecule has 0 spiro atoms. The Hall–Kier alpha value is -2.28. The molecule has 7 heteroatoms. The molecule has 0 radical (unpaired) electrons. The first-order chi connectivity index (χ1) is 11.8. The Morgan fingerprint density at radius 2 is 2.00 bits per heavy atom. The number of hydrogen-bond donors (Lipinski definition) is 2. The van der Waals surface area contributed by atoms with Crippen molar-refractivity contribution in [1.29, 1.82) is 0 Å². The zero-order chi connectivity index (χ0) is 18.6. The monoisotopic (exact) mass is 363 g/mol. The summed E-state index contributed by atoms with van der Waals surface area (Å²) in [5.41, 5.74) is 1.62. The normalized spacial score (nSPS) is 10.8. The molecular weight excluding hydrogens is 341 g/mol. The van der Waals surface area contributed by atoms with Gasteiger partial charge in [-0.1, -0.05) is 13.8 Å². The van der Waals surface area contributed by atoms with E-state index < -0.39 is 0 Å². The van der Waals surface area contributed by atoms with Crippen LogP contribution in [0.15, 0.2) is 18.2 Å². The van der Waals surface area contributed by atoms with Gasteiger partial charge in [-0.15, -0.1) is 11.3 Å². The van der Waals surface area contributed by atoms with Gasteiger partial charge in [0, 0.05) is 12.2 Å². The van der Waals surface area contributed by atoms with Crippen molar-refractivity contribution in [3.8, 4) is 0 Å². The number of rotatable bonds is 6. The van der Waals surface area contributed by atoms with Crippen molar-refractivity contribution in [1.82, 2.24) is 10.3 Å². The summed E-state index contributed by atoms with van der Waals surface area (Å²) >= 11 is 1.22. The highest BCUT2D eigenvalue weighted by atomic mass is 32.1. The van der Waals surface area contributed by atoms with Gasteiger partial charge in [0.15, 0.2) is 0 Å². The number of carbonyl (C=O) groups is 2. The van der Waals surface area contributed by atoms with Crippen LogP contribution in [0.4, 0.5) is 10.1 Å². The van der Waals surface area contributed by atoms with Crippen LogP contribution in [0.2, 0.25) is 0 Å². The maximum absolute atomic E-state index is 13.3. The van der Waals surface area contributed by atoms with E-state index in [4.69, 9.17) is 0 Å². The van der Waals surface area contributed by atoms with E-state index >= 15 is 0 Å².